The van der Waals surface area contributed by atoms with Crippen molar-refractivity contribution in [2.75, 3.05) is 18.6 Å². The molecule has 0 aromatic heterocycles. The SMILES string of the molecule is CCCNC(CS(C)(=O)=O)C1CCCC(C)C1. The van der Waals surface area contributed by atoms with Gasteiger partial charge in [0.25, 0.3) is 0 Å². The van der Waals surface area contributed by atoms with Crippen LogP contribution in [0.25, 0.3) is 0 Å². The zero-order chi connectivity index (χ0) is 12.9. The molecule has 0 aromatic carbocycles. The smallest absolute Gasteiger partial charge is 0.148 e. The highest BCUT2D eigenvalue weighted by Crippen LogP contribution is 2.31. The molecule has 0 aromatic rings. The molecule has 1 fully saturated rings. The van der Waals surface area contributed by atoms with Crippen LogP contribution in [0.5, 0.6) is 0 Å². The van der Waals surface area contributed by atoms with E-state index in [4.69, 9.17) is 0 Å². The van der Waals surface area contributed by atoms with Crippen molar-refractivity contribution in [1.82, 2.24) is 5.32 Å². The first-order valence-corrected chi connectivity index (χ1v) is 8.89. The number of nitrogens with one attached hydrogen (secondary N) is 1. The molecule has 0 spiro atoms. The summed E-state index contributed by atoms with van der Waals surface area (Å²) in [5, 5.41) is 3.44. The average molecular weight is 261 g/mol. The van der Waals surface area contributed by atoms with E-state index in [9.17, 15) is 8.42 Å². The number of hydrogen-bond acceptors (Lipinski definition) is 3. The van der Waals surface area contributed by atoms with Crippen LogP contribution in [0.1, 0.15) is 46.0 Å². The van der Waals surface area contributed by atoms with Crippen molar-refractivity contribution in [2.45, 2.75) is 52.0 Å². The van der Waals surface area contributed by atoms with Crippen LogP contribution < -0.4 is 5.32 Å². The van der Waals surface area contributed by atoms with E-state index in [1.165, 1.54) is 31.9 Å². The van der Waals surface area contributed by atoms with Gasteiger partial charge < -0.3 is 5.32 Å². The predicted octanol–water partition coefficient (Wildman–Crippen LogP) is 2.23. The molecule has 0 radical (unpaired) electrons. The van der Waals surface area contributed by atoms with Gasteiger partial charge in [-0.05, 0) is 37.6 Å². The highest BCUT2D eigenvalue weighted by atomic mass is 32.2. The topological polar surface area (TPSA) is 46.2 Å². The third-order valence-electron chi connectivity index (χ3n) is 3.68. The fraction of sp³-hybridized carbons (Fsp3) is 1.00. The molecule has 0 heterocycles. The van der Waals surface area contributed by atoms with Gasteiger partial charge in [-0.25, -0.2) is 8.42 Å². The Morgan fingerprint density at radius 3 is 2.59 bits per heavy atom. The average Bonchev–Trinajstić information content (AvgIpc) is 2.22. The fourth-order valence-electron chi connectivity index (χ4n) is 2.86. The third kappa shape index (κ3) is 5.87. The summed E-state index contributed by atoms with van der Waals surface area (Å²) in [4.78, 5) is 0. The van der Waals surface area contributed by atoms with Gasteiger partial charge in [0.05, 0.1) is 5.75 Å². The normalized spacial score (nSPS) is 27.9. The monoisotopic (exact) mass is 261 g/mol. The summed E-state index contributed by atoms with van der Waals surface area (Å²) in [6.45, 7) is 5.32. The highest BCUT2D eigenvalue weighted by Gasteiger charge is 2.28. The molecule has 1 rings (SSSR count). The molecule has 102 valence electrons. The second-order valence-corrected chi connectivity index (χ2v) is 7.87. The van der Waals surface area contributed by atoms with Gasteiger partial charge in [0.15, 0.2) is 0 Å². The van der Waals surface area contributed by atoms with Crippen LogP contribution in [0.2, 0.25) is 0 Å². The Hall–Kier alpha value is -0.0900. The van der Waals surface area contributed by atoms with Crippen LogP contribution in [0.3, 0.4) is 0 Å². The molecule has 17 heavy (non-hydrogen) atoms. The van der Waals surface area contributed by atoms with Crippen LogP contribution in [0, 0.1) is 11.8 Å². The molecule has 3 nitrogen and oxygen atoms in total. The quantitative estimate of drug-likeness (QED) is 0.797. The van der Waals surface area contributed by atoms with E-state index in [0.717, 1.165) is 18.9 Å². The first kappa shape index (κ1) is 15.0. The maximum absolute atomic E-state index is 11.5. The predicted molar refractivity (Wildman–Crippen MR) is 72.9 cm³/mol. The van der Waals surface area contributed by atoms with Crippen molar-refractivity contribution in [3.8, 4) is 0 Å². The molecule has 3 unspecified atom stereocenters. The Balaban J connectivity index is 2.60. The lowest BCUT2D eigenvalue weighted by atomic mass is 9.79. The van der Waals surface area contributed by atoms with Crippen molar-refractivity contribution < 1.29 is 8.42 Å². The van der Waals surface area contributed by atoms with Crippen LogP contribution >= 0.6 is 0 Å². The van der Waals surface area contributed by atoms with E-state index in [0.29, 0.717) is 11.7 Å². The van der Waals surface area contributed by atoms with Crippen LogP contribution in [0.4, 0.5) is 0 Å². The molecule has 3 atom stereocenters. The second kappa shape index (κ2) is 6.74. The Morgan fingerprint density at radius 2 is 2.06 bits per heavy atom. The molecular formula is C13H27NO2S. The molecule has 1 N–H and O–H groups in total. The Kier molecular flexibility index (Phi) is 5.93. The zero-order valence-corrected chi connectivity index (χ0v) is 12.2. The van der Waals surface area contributed by atoms with Gasteiger partial charge in [-0.15, -0.1) is 0 Å². The Bertz CT molecular complexity index is 313. The van der Waals surface area contributed by atoms with E-state index in [1.807, 2.05) is 0 Å². The lowest BCUT2D eigenvalue weighted by Crippen LogP contribution is -2.43. The van der Waals surface area contributed by atoms with Crippen molar-refractivity contribution >= 4 is 9.84 Å². The fourth-order valence-corrected chi connectivity index (χ4v) is 3.91. The van der Waals surface area contributed by atoms with Gasteiger partial charge >= 0.3 is 0 Å². The lowest BCUT2D eigenvalue weighted by Gasteiger charge is -2.33. The van der Waals surface area contributed by atoms with E-state index in [-0.39, 0.29) is 6.04 Å². The molecule has 0 aliphatic heterocycles. The van der Waals surface area contributed by atoms with Gasteiger partial charge in [-0.2, -0.15) is 0 Å². The third-order valence-corrected chi connectivity index (χ3v) is 4.65. The summed E-state index contributed by atoms with van der Waals surface area (Å²) in [5.41, 5.74) is 0. The number of hydrogen-bond donors (Lipinski definition) is 1. The Morgan fingerprint density at radius 1 is 1.35 bits per heavy atom. The van der Waals surface area contributed by atoms with Gasteiger partial charge in [0.2, 0.25) is 0 Å². The summed E-state index contributed by atoms with van der Waals surface area (Å²) >= 11 is 0. The maximum atomic E-state index is 11.5. The van der Waals surface area contributed by atoms with E-state index in [2.05, 4.69) is 19.2 Å². The van der Waals surface area contributed by atoms with Gasteiger partial charge in [0, 0.05) is 12.3 Å². The maximum Gasteiger partial charge on any atom is 0.148 e. The largest absolute Gasteiger partial charge is 0.313 e. The lowest BCUT2D eigenvalue weighted by molar-refractivity contribution is 0.233. The molecule has 0 bridgehead atoms. The summed E-state index contributed by atoms with van der Waals surface area (Å²) in [7, 11) is -2.88. The van der Waals surface area contributed by atoms with E-state index >= 15 is 0 Å². The Labute approximate surface area is 106 Å². The molecule has 0 amide bonds. The summed E-state index contributed by atoms with van der Waals surface area (Å²) in [6, 6.07) is 0.160. The summed E-state index contributed by atoms with van der Waals surface area (Å²) in [6.07, 6.45) is 7.32. The van der Waals surface area contributed by atoms with Crippen molar-refractivity contribution in [3.63, 3.8) is 0 Å². The minimum absolute atomic E-state index is 0.160. The van der Waals surface area contributed by atoms with Crippen molar-refractivity contribution in [3.05, 3.63) is 0 Å². The first-order chi connectivity index (χ1) is 7.92. The highest BCUT2D eigenvalue weighted by molar-refractivity contribution is 7.90. The molecule has 4 heteroatoms. The molecule has 1 aliphatic rings. The second-order valence-electron chi connectivity index (χ2n) is 5.68. The van der Waals surface area contributed by atoms with Crippen LogP contribution in [-0.2, 0) is 9.84 Å². The van der Waals surface area contributed by atoms with Gasteiger partial charge in [0.1, 0.15) is 9.84 Å². The first-order valence-electron chi connectivity index (χ1n) is 6.83. The summed E-state index contributed by atoms with van der Waals surface area (Å²) in [5.74, 6) is 1.59. The van der Waals surface area contributed by atoms with Crippen LogP contribution in [-0.4, -0.2) is 33.0 Å². The van der Waals surface area contributed by atoms with Crippen molar-refractivity contribution in [1.29, 1.82) is 0 Å². The van der Waals surface area contributed by atoms with Gasteiger partial charge in [-0.3, -0.25) is 0 Å². The minimum atomic E-state index is -2.88. The van der Waals surface area contributed by atoms with Crippen molar-refractivity contribution in [2.24, 2.45) is 11.8 Å². The minimum Gasteiger partial charge on any atom is -0.313 e. The van der Waals surface area contributed by atoms with E-state index < -0.39 is 9.84 Å². The van der Waals surface area contributed by atoms with Gasteiger partial charge in [-0.1, -0.05) is 26.7 Å². The summed E-state index contributed by atoms with van der Waals surface area (Å²) < 4.78 is 23.0. The molecule has 0 saturated heterocycles. The number of sulfone groups is 1. The zero-order valence-electron chi connectivity index (χ0n) is 11.4. The molecular weight excluding hydrogens is 234 g/mol. The molecule has 1 aliphatic carbocycles. The van der Waals surface area contributed by atoms with E-state index in [1.54, 1.807) is 0 Å². The molecule has 1 saturated carbocycles. The number of rotatable bonds is 6. The van der Waals surface area contributed by atoms with Crippen LogP contribution in [0.15, 0.2) is 0 Å². The standard InChI is InChI=1S/C13H27NO2S/c1-4-8-14-13(10-17(3,15)16)12-7-5-6-11(2)9-12/h11-14H,4-10H2,1-3H3.